The van der Waals surface area contributed by atoms with E-state index in [1.54, 1.807) is 4.90 Å². The highest BCUT2D eigenvalue weighted by Gasteiger charge is 2.42. The Morgan fingerprint density at radius 2 is 1.97 bits per heavy atom. The van der Waals surface area contributed by atoms with Gasteiger partial charge in [0.1, 0.15) is 5.82 Å². The van der Waals surface area contributed by atoms with Gasteiger partial charge in [0, 0.05) is 31.0 Å². The summed E-state index contributed by atoms with van der Waals surface area (Å²) in [6, 6.07) is 11.6. The van der Waals surface area contributed by atoms with E-state index >= 15 is 0 Å². The molecule has 8 heteroatoms. The smallest absolute Gasteiger partial charge is 0.231 e. The first-order valence-corrected chi connectivity index (χ1v) is 11.1. The molecule has 32 heavy (non-hydrogen) atoms. The molecule has 1 amide bonds. The summed E-state index contributed by atoms with van der Waals surface area (Å²) >= 11 is 6.85. The Hall–Kier alpha value is -2.90. The topological polar surface area (TPSA) is 72.1 Å². The van der Waals surface area contributed by atoms with Crippen molar-refractivity contribution >= 4 is 28.9 Å². The Morgan fingerprint density at radius 1 is 1.19 bits per heavy atom. The third-order valence-corrected chi connectivity index (χ3v) is 6.69. The molecule has 7 nitrogen and oxygen atoms in total. The largest absolute Gasteiger partial charge is 0.454 e. The zero-order valence-corrected chi connectivity index (χ0v) is 18.7. The van der Waals surface area contributed by atoms with E-state index in [0.717, 1.165) is 35.5 Å². The van der Waals surface area contributed by atoms with Gasteiger partial charge in [0.25, 0.3) is 0 Å². The number of hydrogen-bond donors (Lipinski definition) is 2. The van der Waals surface area contributed by atoms with Gasteiger partial charge in [-0.05, 0) is 43.5 Å². The Morgan fingerprint density at radius 3 is 2.75 bits per heavy atom. The van der Waals surface area contributed by atoms with Crippen LogP contribution in [0.2, 0.25) is 5.02 Å². The maximum Gasteiger partial charge on any atom is 0.231 e. The number of halogens is 1. The van der Waals surface area contributed by atoms with Crippen LogP contribution in [0.15, 0.2) is 48.8 Å². The van der Waals surface area contributed by atoms with Gasteiger partial charge in [-0.2, -0.15) is 0 Å². The van der Waals surface area contributed by atoms with Gasteiger partial charge in [-0.3, -0.25) is 9.69 Å². The van der Waals surface area contributed by atoms with Crippen molar-refractivity contribution in [1.29, 1.82) is 0 Å². The van der Waals surface area contributed by atoms with E-state index in [2.05, 4.69) is 17.2 Å². The van der Waals surface area contributed by atoms with E-state index in [-0.39, 0.29) is 25.2 Å². The van der Waals surface area contributed by atoms with Crippen LogP contribution in [0.25, 0.3) is 0 Å². The van der Waals surface area contributed by atoms with Gasteiger partial charge in [-0.1, -0.05) is 30.3 Å². The number of amides is 1. The van der Waals surface area contributed by atoms with Crippen LogP contribution in [0.1, 0.15) is 31.7 Å². The van der Waals surface area contributed by atoms with Gasteiger partial charge < -0.3 is 24.8 Å². The molecule has 0 unspecified atom stereocenters. The highest BCUT2D eigenvalue weighted by Crippen LogP contribution is 2.41. The number of nitrogens with zero attached hydrogens (tertiary/aromatic N) is 1. The lowest BCUT2D eigenvalue weighted by molar-refractivity contribution is -0.137. The summed E-state index contributed by atoms with van der Waals surface area (Å²) in [4.78, 5) is 15.0. The molecule has 0 spiro atoms. The van der Waals surface area contributed by atoms with Crippen LogP contribution in [0.3, 0.4) is 0 Å². The average Bonchev–Trinajstić information content (AvgIpc) is 3.23. The molecule has 2 saturated heterocycles. The number of fused-ring (bicyclic) bond motifs is 1. The summed E-state index contributed by atoms with van der Waals surface area (Å²) in [6.07, 6.45) is 1.92. The van der Waals surface area contributed by atoms with Crippen molar-refractivity contribution in [2.45, 2.75) is 37.8 Å². The molecule has 3 aliphatic heterocycles. The number of anilines is 2. The predicted octanol–water partition coefficient (Wildman–Crippen LogP) is 4.50. The highest BCUT2D eigenvalue weighted by atomic mass is 35.5. The van der Waals surface area contributed by atoms with Crippen molar-refractivity contribution in [3.05, 3.63) is 59.4 Å². The second kappa shape index (κ2) is 8.22. The number of hydrogen-bond acceptors (Lipinski definition) is 6. The molecule has 3 aliphatic rings. The number of benzene rings is 2. The van der Waals surface area contributed by atoms with E-state index in [1.807, 2.05) is 43.3 Å². The molecular formula is C24H26ClN3O4. The standard InChI is InChI=1S/C24H26ClN3O4/c1-15-27-24(2,13-22(29)28(15)17-8-10-30-11-9-17)18-4-3-5-19(23(18)25)26-16-6-7-20-21(12-16)32-14-31-20/h3-7,12,17,26-27H,1,8-11,13-14H2,2H3/t24-/m0/s1. The molecule has 2 aromatic carbocycles. The quantitative estimate of drug-likeness (QED) is 0.707. The van der Waals surface area contributed by atoms with Crippen LogP contribution < -0.4 is 20.1 Å². The maximum atomic E-state index is 13.2. The summed E-state index contributed by atoms with van der Waals surface area (Å²) in [5, 5.41) is 7.38. The Kier molecular flexibility index (Phi) is 5.39. The van der Waals surface area contributed by atoms with Crippen LogP contribution in [-0.4, -0.2) is 36.9 Å². The Bertz CT molecular complexity index is 1050. The molecule has 0 saturated carbocycles. The molecule has 2 N–H and O–H groups in total. The van der Waals surface area contributed by atoms with Crippen molar-refractivity contribution in [2.75, 3.05) is 25.3 Å². The van der Waals surface area contributed by atoms with Gasteiger partial charge in [-0.15, -0.1) is 0 Å². The van der Waals surface area contributed by atoms with Gasteiger partial charge in [-0.25, -0.2) is 0 Å². The number of rotatable bonds is 4. The van der Waals surface area contributed by atoms with Gasteiger partial charge in [0.15, 0.2) is 11.5 Å². The summed E-state index contributed by atoms with van der Waals surface area (Å²) < 4.78 is 16.3. The van der Waals surface area contributed by atoms with Gasteiger partial charge in [0.2, 0.25) is 12.7 Å². The lowest BCUT2D eigenvalue weighted by Gasteiger charge is -2.46. The van der Waals surface area contributed by atoms with Crippen LogP contribution in [0.4, 0.5) is 11.4 Å². The van der Waals surface area contributed by atoms with Crippen molar-refractivity contribution in [1.82, 2.24) is 10.2 Å². The van der Waals surface area contributed by atoms with Crippen molar-refractivity contribution < 1.29 is 19.0 Å². The summed E-state index contributed by atoms with van der Waals surface area (Å²) in [6.45, 7) is 7.71. The molecule has 0 radical (unpaired) electrons. The Labute approximate surface area is 192 Å². The second-order valence-corrected chi connectivity index (χ2v) is 8.93. The second-order valence-electron chi connectivity index (χ2n) is 8.55. The van der Waals surface area contributed by atoms with Crippen LogP contribution in [0.5, 0.6) is 11.5 Å². The van der Waals surface area contributed by atoms with Crippen molar-refractivity contribution in [2.24, 2.45) is 0 Å². The van der Waals surface area contributed by atoms with E-state index in [9.17, 15) is 4.79 Å². The molecular weight excluding hydrogens is 430 g/mol. The minimum absolute atomic E-state index is 0.0494. The van der Waals surface area contributed by atoms with E-state index < -0.39 is 5.54 Å². The number of ether oxygens (including phenoxy) is 3. The number of nitrogens with one attached hydrogen (secondary N) is 2. The molecule has 3 heterocycles. The molecule has 0 aliphatic carbocycles. The molecule has 5 rings (SSSR count). The third-order valence-electron chi connectivity index (χ3n) is 6.29. The molecule has 2 aromatic rings. The number of carbonyl (C=O) groups is 1. The van der Waals surface area contributed by atoms with Crippen LogP contribution in [-0.2, 0) is 15.1 Å². The predicted molar refractivity (Wildman–Crippen MR) is 122 cm³/mol. The zero-order chi connectivity index (χ0) is 22.3. The summed E-state index contributed by atoms with van der Waals surface area (Å²) in [7, 11) is 0. The monoisotopic (exact) mass is 455 g/mol. The third kappa shape index (κ3) is 3.76. The van der Waals surface area contributed by atoms with Crippen molar-refractivity contribution in [3.63, 3.8) is 0 Å². The minimum atomic E-state index is -0.667. The molecule has 0 aromatic heterocycles. The van der Waals surface area contributed by atoms with Crippen LogP contribution >= 0.6 is 11.6 Å². The lowest BCUT2D eigenvalue weighted by atomic mass is 9.85. The van der Waals surface area contributed by atoms with E-state index in [4.69, 9.17) is 25.8 Å². The zero-order valence-electron chi connectivity index (χ0n) is 17.9. The first-order valence-electron chi connectivity index (χ1n) is 10.8. The fourth-order valence-corrected chi connectivity index (χ4v) is 5.06. The van der Waals surface area contributed by atoms with Gasteiger partial charge >= 0.3 is 0 Å². The first kappa shape index (κ1) is 21.0. The Balaban J connectivity index is 1.39. The van der Waals surface area contributed by atoms with Crippen LogP contribution in [0, 0.1) is 0 Å². The first-order chi connectivity index (χ1) is 15.4. The average molecular weight is 456 g/mol. The number of carbonyl (C=O) groups excluding carboxylic acids is 1. The molecule has 168 valence electrons. The lowest BCUT2D eigenvalue weighted by Crippen LogP contribution is -2.57. The fourth-order valence-electron chi connectivity index (χ4n) is 4.68. The summed E-state index contributed by atoms with van der Waals surface area (Å²) in [5.74, 6) is 2.08. The van der Waals surface area contributed by atoms with Crippen molar-refractivity contribution in [3.8, 4) is 11.5 Å². The molecule has 1 atom stereocenters. The van der Waals surface area contributed by atoms with Gasteiger partial charge in [0.05, 0.1) is 22.7 Å². The highest BCUT2D eigenvalue weighted by molar-refractivity contribution is 6.34. The molecule has 0 bridgehead atoms. The SMILES string of the molecule is C=C1N[C@](C)(c2cccc(Nc3ccc4c(c3)OCO4)c2Cl)CC(=O)N1C1CCOCC1. The van der Waals surface area contributed by atoms with E-state index in [0.29, 0.717) is 29.8 Å². The normalized spacial score (nSPS) is 23.2. The maximum absolute atomic E-state index is 13.2. The fraction of sp³-hybridized carbons (Fsp3) is 0.375. The summed E-state index contributed by atoms with van der Waals surface area (Å²) in [5.41, 5.74) is 1.75. The minimum Gasteiger partial charge on any atom is -0.454 e. The molecule has 2 fully saturated rings. The van der Waals surface area contributed by atoms with E-state index in [1.165, 1.54) is 0 Å².